The highest BCUT2D eigenvalue weighted by Gasteiger charge is 2.10. The van der Waals surface area contributed by atoms with Gasteiger partial charge in [-0.05, 0) is 69.9 Å². The fourth-order valence-corrected chi connectivity index (χ4v) is 3.09. The maximum Gasteiger partial charge on any atom is 0.193 e. The van der Waals surface area contributed by atoms with E-state index in [2.05, 4.69) is 22.0 Å². The monoisotopic (exact) mass is 334 g/mol. The third kappa shape index (κ3) is 6.48. The van der Waals surface area contributed by atoms with Crippen LogP contribution in [0.25, 0.3) is 0 Å². The Labute approximate surface area is 145 Å². The standard InChI is InChI=1S/C19H31FN4/c1-3-21-19(22-11-4-5-12-24-13-6-7-14-24)23(2)16-17-9-8-10-18(20)15-17/h8-10,15H,3-7,11-14,16H2,1-2H3,(H,21,22). The number of hydrogen-bond acceptors (Lipinski definition) is 2. The number of rotatable bonds is 8. The molecule has 1 aliphatic rings. The van der Waals surface area contributed by atoms with Gasteiger partial charge >= 0.3 is 0 Å². The van der Waals surface area contributed by atoms with Gasteiger partial charge < -0.3 is 15.1 Å². The van der Waals surface area contributed by atoms with E-state index < -0.39 is 0 Å². The number of likely N-dealkylation sites (tertiary alicyclic amines) is 1. The van der Waals surface area contributed by atoms with Crippen LogP contribution in [0, 0.1) is 5.82 Å². The van der Waals surface area contributed by atoms with Crippen LogP contribution in [0.2, 0.25) is 0 Å². The summed E-state index contributed by atoms with van der Waals surface area (Å²) in [5.41, 5.74) is 0.956. The Morgan fingerprint density at radius 2 is 2.08 bits per heavy atom. The van der Waals surface area contributed by atoms with Gasteiger partial charge in [0.1, 0.15) is 5.82 Å². The average molecular weight is 334 g/mol. The van der Waals surface area contributed by atoms with Crippen molar-refractivity contribution in [2.75, 3.05) is 39.8 Å². The van der Waals surface area contributed by atoms with E-state index in [0.717, 1.165) is 31.0 Å². The van der Waals surface area contributed by atoms with Crippen molar-refractivity contribution in [3.05, 3.63) is 35.6 Å². The van der Waals surface area contributed by atoms with Crippen LogP contribution in [0.1, 0.15) is 38.2 Å². The van der Waals surface area contributed by atoms with Crippen molar-refractivity contribution in [1.82, 2.24) is 15.1 Å². The molecule has 1 aromatic rings. The molecule has 4 nitrogen and oxygen atoms in total. The maximum atomic E-state index is 13.3. The van der Waals surface area contributed by atoms with E-state index in [4.69, 9.17) is 4.99 Å². The first-order chi connectivity index (χ1) is 11.7. The Kier molecular flexibility index (Phi) is 8.02. The molecule has 5 heteroatoms. The summed E-state index contributed by atoms with van der Waals surface area (Å²) in [5.74, 6) is 0.702. The van der Waals surface area contributed by atoms with Crippen LogP contribution in [0.5, 0.6) is 0 Å². The number of guanidine groups is 1. The smallest absolute Gasteiger partial charge is 0.193 e. The lowest BCUT2D eigenvalue weighted by Crippen LogP contribution is -2.38. The summed E-state index contributed by atoms with van der Waals surface area (Å²) in [5, 5.41) is 3.32. The van der Waals surface area contributed by atoms with Crippen molar-refractivity contribution in [2.45, 2.75) is 39.2 Å². The molecule has 1 heterocycles. The minimum Gasteiger partial charge on any atom is -0.357 e. The van der Waals surface area contributed by atoms with Gasteiger partial charge in [-0.25, -0.2) is 4.39 Å². The predicted molar refractivity (Wildman–Crippen MR) is 98.8 cm³/mol. The van der Waals surface area contributed by atoms with E-state index in [9.17, 15) is 4.39 Å². The van der Waals surface area contributed by atoms with Crippen molar-refractivity contribution >= 4 is 5.96 Å². The first kappa shape index (κ1) is 18.7. The average Bonchev–Trinajstić information content (AvgIpc) is 3.07. The molecule has 1 saturated heterocycles. The van der Waals surface area contributed by atoms with Crippen LogP contribution in [0.4, 0.5) is 4.39 Å². The predicted octanol–water partition coefficient (Wildman–Crippen LogP) is 3.10. The molecule has 0 amide bonds. The molecule has 0 bridgehead atoms. The highest BCUT2D eigenvalue weighted by molar-refractivity contribution is 5.79. The molecule has 134 valence electrons. The molecular formula is C19H31FN4. The lowest BCUT2D eigenvalue weighted by molar-refractivity contribution is 0.331. The lowest BCUT2D eigenvalue weighted by atomic mass is 10.2. The Morgan fingerprint density at radius 3 is 2.79 bits per heavy atom. The summed E-state index contributed by atoms with van der Waals surface area (Å²) < 4.78 is 13.3. The van der Waals surface area contributed by atoms with Gasteiger partial charge in [-0.2, -0.15) is 0 Å². The maximum absolute atomic E-state index is 13.3. The molecule has 1 N–H and O–H groups in total. The minimum atomic E-state index is -0.190. The van der Waals surface area contributed by atoms with Crippen LogP contribution in [-0.4, -0.2) is 55.5 Å². The van der Waals surface area contributed by atoms with Gasteiger partial charge in [0.2, 0.25) is 0 Å². The van der Waals surface area contributed by atoms with E-state index in [1.165, 1.54) is 45.0 Å². The van der Waals surface area contributed by atoms with E-state index in [-0.39, 0.29) is 5.82 Å². The third-order valence-electron chi connectivity index (χ3n) is 4.35. The van der Waals surface area contributed by atoms with E-state index in [1.54, 1.807) is 12.1 Å². The molecule has 0 spiro atoms. The van der Waals surface area contributed by atoms with Gasteiger partial charge in [0.05, 0.1) is 0 Å². The quantitative estimate of drug-likeness (QED) is 0.450. The number of halogens is 1. The van der Waals surface area contributed by atoms with Crippen molar-refractivity contribution in [3.63, 3.8) is 0 Å². The van der Waals surface area contributed by atoms with E-state index in [0.29, 0.717) is 6.54 Å². The van der Waals surface area contributed by atoms with Gasteiger partial charge in [0, 0.05) is 26.7 Å². The summed E-state index contributed by atoms with van der Waals surface area (Å²) >= 11 is 0. The summed E-state index contributed by atoms with van der Waals surface area (Å²) in [6.07, 6.45) is 5.02. The van der Waals surface area contributed by atoms with E-state index >= 15 is 0 Å². The zero-order chi connectivity index (χ0) is 17.2. The molecule has 0 radical (unpaired) electrons. The molecular weight excluding hydrogens is 303 g/mol. The molecule has 0 saturated carbocycles. The molecule has 24 heavy (non-hydrogen) atoms. The van der Waals surface area contributed by atoms with Crippen LogP contribution in [0.3, 0.4) is 0 Å². The Morgan fingerprint density at radius 1 is 1.29 bits per heavy atom. The molecule has 0 atom stereocenters. The first-order valence-corrected chi connectivity index (χ1v) is 9.15. The Balaban J connectivity index is 1.77. The highest BCUT2D eigenvalue weighted by atomic mass is 19.1. The van der Waals surface area contributed by atoms with Crippen molar-refractivity contribution in [2.24, 2.45) is 4.99 Å². The van der Waals surface area contributed by atoms with Crippen molar-refractivity contribution < 1.29 is 4.39 Å². The summed E-state index contributed by atoms with van der Waals surface area (Å²) in [4.78, 5) is 9.32. The molecule has 1 aromatic carbocycles. The zero-order valence-corrected chi connectivity index (χ0v) is 15.1. The molecule has 1 aliphatic heterocycles. The zero-order valence-electron chi connectivity index (χ0n) is 15.1. The second kappa shape index (κ2) is 10.3. The number of benzene rings is 1. The molecule has 0 aliphatic carbocycles. The van der Waals surface area contributed by atoms with Crippen LogP contribution < -0.4 is 5.32 Å². The molecule has 2 rings (SSSR count). The fraction of sp³-hybridized carbons (Fsp3) is 0.632. The largest absolute Gasteiger partial charge is 0.357 e. The topological polar surface area (TPSA) is 30.9 Å². The lowest BCUT2D eigenvalue weighted by Gasteiger charge is -2.22. The molecule has 1 fully saturated rings. The minimum absolute atomic E-state index is 0.190. The van der Waals surface area contributed by atoms with Gasteiger partial charge in [-0.3, -0.25) is 4.99 Å². The number of nitrogens with zero attached hydrogens (tertiary/aromatic N) is 3. The van der Waals surface area contributed by atoms with Gasteiger partial charge in [-0.1, -0.05) is 12.1 Å². The van der Waals surface area contributed by atoms with Crippen LogP contribution in [0.15, 0.2) is 29.3 Å². The number of aliphatic imine (C=N–C) groups is 1. The van der Waals surface area contributed by atoms with Gasteiger partial charge in [0.25, 0.3) is 0 Å². The van der Waals surface area contributed by atoms with Crippen LogP contribution >= 0.6 is 0 Å². The highest BCUT2D eigenvalue weighted by Crippen LogP contribution is 2.09. The third-order valence-corrected chi connectivity index (χ3v) is 4.35. The number of hydrogen-bond donors (Lipinski definition) is 1. The van der Waals surface area contributed by atoms with E-state index in [1.807, 2.05) is 13.1 Å². The second-order valence-corrected chi connectivity index (χ2v) is 6.48. The van der Waals surface area contributed by atoms with Crippen LogP contribution in [-0.2, 0) is 6.54 Å². The summed E-state index contributed by atoms with van der Waals surface area (Å²) in [6, 6.07) is 6.75. The summed E-state index contributed by atoms with van der Waals surface area (Å²) in [6.45, 7) is 8.12. The van der Waals surface area contributed by atoms with Crippen molar-refractivity contribution in [3.8, 4) is 0 Å². The molecule has 0 aromatic heterocycles. The number of nitrogens with one attached hydrogen (secondary N) is 1. The fourth-order valence-electron chi connectivity index (χ4n) is 3.09. The normalized spacial score (nSPS) is 15.7. The Hall–Kier alpha value is -1.62. The second-order valence-electron chi connectivity index (χ2n) is 6.48. The Bertz CT molecular complexity index is 512. The van der Waals surface area contributed by atoms with Crippen molar-refractivity contribution in [1.29, 1.82) is 0 Å². The van der Waals surface area contributed by atoms with Gasteiger partial charge in [0.15, 0.2) is 5.96 Å². The summed E-state index contributed by atoms with van der Waals surface area (Å²) in [7, 11) is 2.00. The first-order valence-electron chi connectivity index (χ1n) is 9.15. The SMILES string of the molecule is CCNC(=NCCCCN1CCCC1)N(C)Cc1cccc(F)c1. The number of unbranched alkanes of at least 4 members (excludes halogenated alkanes) is 1. The van der Waals surface area contributed by atoms with Gasteiger partial charge in [-0.15, -0.1) is 0 Å². The molecule has 0 unspecified atom stereocenters.